The molecule has 3 nitrogen and oxygen atoms in total. The minimum atomic E-state index is -1.00. The first-order valence-corrected chi connectivity index (χ1v) is 5.24. The summed E-state index contributed by atoms with van der Waals surface area (Å²) in [6.07, 6.45) is 5.63. The molecule has 0 fully saturated rings. The molecule has 0 saturated carbocycles. The standard InChI is InChI=1S/C11H20O3/c1-3-5-6-7-9(4-2)10(8-12)11(13)14/h8-9,12H,3-7H2,1-2H3,(H,13,14). The average molecular weight is 200 g/mol. The van der Waals surface area contributed by atoms with Gasteiger partial charge in [0.25, 0.3) is 0 Å². The minimum absolute atomic E-state index is 0.0101. The molecule has 3 heteroatoms. The first kappa shape index (κ1) is 13.0. The van der Waals surface area contributed by atoms with Crippen molar-refractivity contribution in [2.75, 3.05) is 0 Å². The Labute approximate surface area is 85.4 Å². The lowest BCUT2D eigenvalue weighted by molar-refractivity contribution is -0.133. The monoisotopic (exact) mass is 200 g/mol. The van der Waals surface area contributed by atoms with E-state index in [0.717, 1.165) is 38.4 Å². The number of aliphatic hydroxyl groups excluding tert-OH is 1. The number of aliphatic carboxylic acids is 1. The van der Waals surface area contributed by atoms with Crippen LogP contribution in [0.4, 0.5) is 0 Å². The molecule has 0 aromatic carbocycles. The van der Waals surface area contributed by atoms with Crippen LogP contribution in [-0.4, -0.2) is 16.2 Å². The molecular formula is C11H20O3. The lowest BCUT2D eigenvalue weighted by atomic mass is 9.91. The highest BCUT2D eigenvalue weighted by atomic mass is 16.4. The fourth-order valence-electron chi connectivity index (χ4n) is 1.56. The third-order valence-electron chi connectivity index (χ3n) is 2.47. The Hall–Kier alpha value is -0.990. The van der Waals surface area contributed by atoms with E-state index in [9.17, 15) is 4.79 Å². The molecule has 82 valence electrons. The van der Waals surface area contributed by atoms with Crippen LogP contribution in [-0.2, 0) is 4.79 Å². The summed E-state index contributed by atoms with van der Waals surface area (Å²) in [6.45, 7) is 4.06. The van der Waals surface area contributed by atoms with Crippen molar-refractivity contribution in [1.82, 2.24) is 0 Å². The van der Waals surface area contributed by atoms with Crippen LogP contribution in [0.5, 0.6) is 0 Å². The molecule has 0 aliphatic heterocycles. The zero-order valence-corrected chi connectivity index (χ0v) is 8.99. The lowest BCUT2D eigenvalue weighted by Gasteiger charge is -2.14. The van der Waals surface area contributed by atoms with Gasteiger partial charge in [-0.3, -0.25) is 0 Å². The third kappa shape index (κ3) is 4.30. The van der Waals surface area contributed by atoms with Gasteiger partial charge >= 0.3 is 5.97 Å². The van der Waals surface area contributed by atoms with E-state index in [1.807, 2.05) is 6.92 Å². The van der Waals surface area contributed by atoms with E-state index >= 15 is 0 Å². The van der Waals surface area contributed by atoms with Gasteiger partial charge in [-0.25, -0.2) is 4.79 Å². The molecule has 0 aromatic rings. The molecule has 0 heterocycles. The zero-order chi connectivity index (χ0) is 11.0. The average Bonchev–Trinajstić information content (AvgIpc) is 2.16. The number of carbonyl (C=O) groups is 1. The van der Waals surface area contributed by atoms with E-state index in [1.165, 1.54) is 0 Å². The van der Waals surface area contributed by atoms with Crippen molar-refractivity contribution in [1.29, 1.82) is 0 Å². The normalized spacial score (nSPS) is 14.0. The van der Waals surface area contributed by atoms with E-state index in [1.54, 1.807) is 0 Å². The number of carboxylic acid groups (broad SMARTS) is 1. The third-order valence-corrected chi connectivity index (χ3v) is 2.47. The van der Waals surface area contributed by atoms with Gasteiger partial charge in [0.2, 0.25) is 0 Å². The Morgan fingerprint density at radius 3 is 2.36 bits per heavy atom. The Kier molecular flexibility index (Phi) is 6.89. The number of aliphatic hydroxyl groups is 1. The van der Waals surface area contributed by atoms with Crippen molar-refractivity contribution in [3.8, 4) is 0 Å². The second kappa shape index (κ2) is 7.42. The summed E-state index contributed by atoms with van der Waals surface area (Å²) in [5.41, 5.74) is 0.142. The second-order valence-electron chi connectivity index (χ2n) is 3.49. The number of hydrogen-bond acceptors (Lipinski definition) is 2. The highest BCUT2D eigenvalue weighted by Crippen LogP contribution is 2.21. The van der Waals surface area contributed by atoms with Crippen molar-refractivity contribution in [3.63, 3.8) is 0 Å². The maximum absolute atomic E-state index is 10.7. The fourth-order valence-corrected chi connectivity index (χ4v) is 1.56. The van der Waals surface area contributed by atoms with Gasteiger partial charge in [0.15, 0.2) is 0 Å². The topological polar surface area (TPSA) is 57.5 Å². The Morgan fingerprint density at radius 2 is 2.00 bits per heavy atom. The van der Waals surface area contributed by atoms with Gasteiger partial charge in [-0.15, -0.1) is 0 Å². The molecule has 14 heavy (non-hydrogen) atoms. The van der Waals surface area contributed by atoms with E-state index in [-0.39, 0.29) is 11.5 Å². The van der Waals surface area contributed by atoms with E-state index in [4.69, 9.17) is 10.2 Å². The van der Waals surface area contributed by atoms with Gasteiger partial charge in [0, 0.05) is 0 Å². The predicted molar refractivity (Wildman–Crippen MR) is 56.3 cm³/mol. The van der Waals surface area contributed by atoms with Crippen molar-refractivity contribution >= 4 is 5.97 Å². The van der Waals surface area contributed by atoms with Crippen LogP contribution < -0.4 is 0 Å². The van der Waals surface area contributed by atoms with Crippen molar-refractivity contribution in [2.45, 2.75) is 46.0 Å². The molecule has 1 atom stereocenters. The number of unbranched alkanes of at least 4 members (excludes halogenated alkanes) is 2. The van der Waals surface area contributed by atoms with Crippen LogP contribution in [0.25, 0.3) is 0 Å². The number of carboxylic acids is 1. The molecule has 0 spiro atoms. The van der Waals surface area contributed by atoms with Crippen LogP contribution in [0.2, 0.25) is 0 Å². The highest BCUT2D eigenvalue weighted by molar-refractivity contribution is 5.86. The quantitative estimate of drug-likeness (QED) is 0.377. The van der Waals surface area contributed by atoms with Gasteiger partial charge in [0.1, 0.15) is 0 Å². The van der Waals surface area contributed by atoms with Crippen LogP contribution in [0.3, 0.4) is 0 Å². The molecule has 0 aliphatic carbocycles. The Morgan fingerprint density at radius 1 is 1.36 bits per heavy atom. The maximum atomic E-state index is 10.7. The molecule has 2 N–H and O–H groups in total. The molecule has 0 saturated heterocycles. The van der Waals surface area contributed by atoms with Crippen LogP contribution in [0.1, 0.15) is 46.0 Å². The van der Waals surface area contributed by atoms with Crippen molar-refractivity contribution in [2.24, 2.45) is 5.92 Å². The van der Waals surface area contributed by atoms with Gasteiger partial charge in [-0.1, -0.05) is 33.1 Å². The molecule has 0 aromatic heterocycles. The van der Waals surface area contributed by atoms with Gasteiger partial charge in [0.05, 0.1) is 11.8 Å². The SMILES string of the molecule is CCCCCC(CC)C(=CO)C(=O)O. The zero-order valence-electron chi connectivity index (χ0n) is 8.99. The summed E-state index contributed by atoms with van der Waals surface area (Å²) in [4.78, 5) is 10.7. The van der Waals surface area contributed by atoms with Gasteiger partial charge in [-0.2, -0.15) is 0 Å². The summed E-state index contributed by atoms with van der Waals surface area (Å²) < 4.78 is 0. The van der Waals surface area contributed by atoms with Crippen molar-refractivity contribution < 1.29 is 15.0 Å². The summed E-state index contributed by atoms with van der Waals surface area (Å²) in [7, 11) is 0. The number of rotatable bonds is 7. The molecule has 0 amide bonds. The van der Waals surface area contributed by atoms with E-state index in [0.29, 0.717) is 0 Å². The summed E-state index contributed by atoms with van der Waals surface area (Å²) >= 11 is 0. The summed E-state index contributed by atoms with van der Waals surface area (Å²) in [5, 5.41) is 17.6. The molecule has 1 unspecified atom stereocenters. The smallest absolute Gasteiger partial charge is 0.334 e. The predicted octanol–water partition coefficient (Wildman–Crippen LogP) is 3.12. The summed E-state index contributed by atoms with van der Waals surface area (Å²) in [6, 6.07) is 0. The molecule has 0 rings (SSSR count). The van der Waals surface area contributed by atoms with E-state index < -0.39 is 5.97 Å². The molecule has 0 aliphatic rings. The lowest BCUT2D eigenvalue weighted by Crippen LogP contribution is -2.12. The number of hydrogen-bond donors (Lipinski definition) is 2. The molecule has 0 radical (unpaired) electrons. The molecule has 0 bridgehead atoms. The van der Waals surface area contributed by atoms with Gasteiger partial charge < -0.3 is 10.2 Å². The second-order valence-corrected chi connectivity index (χ2v) is 3.49. The van der Waals surface area contributed by atoms with E-state index in [2.05, 4.69) is 6.92 Å². The first-order valence-electron chi connectivity index (χ1n) is 5.24. The van der Waals surface area contributed by atoms with Gasteiger partial charge in [-0.05, 0) is 18.8 Å². The Bertz CT molecular complexity index is 197. The molecular weight excluding hydrogens is 180 g/mol. The maximum Gasteiger partial charge on any atom is 0.334 e. The van der Waals surface area contributed by atoms with Crippen LogP contribution in [0, 0.1) is 5.92 Å². The summed E-state index contributed by atoms with van der Waals surface area (Å²) in [5.74, 6) is -1.01. The largest absolute Gasteiger partial charge is 0.515 e. The highest BCUT2D eigenvalue weighted by Gasteiger charge is 2.18. The fraction of sp³-hybridized carbons (Fsp3) is 0.727. The Balaban J connectivity index is 4.17. The first-order chi connectivity index (χ1) is 6.67. The van der Waals surface area contributed by atoms with Crippen LogP contribution >= 0.6 is 0 Å². The minimum Gasteiger partial charge on any atom is -0.515 e. The van der Waals surface area contributed by atoms with Crippen molar-refractivity contribution in [3.05, 3.63) is 11.8 Å². The van der Waals surface area contributed by atoms with Crippen LogP contribution in [0.15, 0.2) is 11.8 Å².